The first kappa shape index (κ1) is 16.1. The summed E-state index contributed by atoms with van der Waals surface area (Å²) in [5.41, 5.74) is 0.770. The number of hydrogen-bond donors (Lipinski definition) is 0. The first-order chi connectivity index (χ1) is 9.01. The highest BCUT2D eigenvalue weighted by molar-refractivity contribution is 7.91. The standard InChI is InChI=1S/C14H22O4S/c1-4-17-14(18-5-2)10-11-19(15,16)13-9-7-6-8-12(13)3/h6-9,14H,4-5,10-11H2,1-3H3. The molecular weight excluding hydrogens is 264 g/mol. The van der Waals surface area contributed by atoms with Crippen LogP contribution in [0, 0.1) is 6.92 Å². The van der Waals surface area contributed by atoms with Crippen molar-refractivity contribution >= 4 is 9.84 Å². The molecule has 0 aliphatic rings. The van der Waals surface area contributed by atoms with Gasteiger partial charge in [0.05, 0.1) is 10.6 Å². The SMILES string of the molecule is CCOC(CCS(=O)(=O)c1ccccc1C)OCC. The molecule has 5 heteroatoms. The summed E-state index contributed by atoms with van der Waals surface area (Å²) in [5, 5.41) is 0. The minimum absolute atomic E-state index is 0.0303. The Balaban J connectivity index is 2.72. The molecule has 0 bridgehead atoms. The van der Waals surface area contributed by atoms with Crippen LogP contribution in [-0.2, 0) is 19.3 Å². The van der Waals surface area contributed by atoms with E-state index in [-0.39, 0.29) is 5.75 Å². The minimum atomic E-state index is -3.28. The fourth-order valence-corrected chi connectivity index (χ4v) is 3.42. The molecule has 0 radical (unpaired) electrons. The maximum absolute atomic E-state index is 12.3. The molecule has 0 fully saturated rings. The molecule has 0 saturated carbocycles. The van der Waals surface area contributed by atoms with Gasteiger partial charge in [-0.15, -0.1) is 0 Å². The van der Waals surface area contributed by atoms with Crippen LogP contribution < -0.4 is 0 Å². The Hall–Kier alpha value is -0.910. The number of rotatable bonds is 8. The van der Waals surface area contributed by atoms with Crippen molar-refractivity contribution in [1.29, 1.82) is 0 Å². The lowest BCUT2D eigenvalue weighted by atomic mass is 10.2. The maximum Gasteiger partial charge on any atom is 0.178 e. The number of benzene rings is 1. The van der Waals surface area contributed by atoms with Gasteiger partial charge in [0.1, 0.15) is 0 Å². The molecule has 0 aromatic heterocycles. The van der Waals surface area contributed by atoms with Crippen molar-refractivity contribution in [3.8, 4) is 0 Å². The predicted molar refractivity (Wildman–Crippen MR) is 74.9 cm³/mol. The second kappa shape index (κ2) is 7.62. The van der Waals surface area contributed by atoms with E-state index < -0.39 is 16.1 Å². The highest BCUT2D eigenvalue weighted by Gasteiger charge is 2.19. The van der Waals surface area contributed by atoms with E-state index in [1.165, 1.54) is 0 Å². The van der Waals surface area contributed by atoms with Gasteiger partial charge in [0.15, 0.2) is 16.1 Å². The molecule has 4 nitrogen and oxygen atoms in total. The molecule has 19 heavy (non-hydrogen) atoms. The molecule has 1 aromatic rings. The van der Waals surface area contributed by atoms with Gasteiger partial charge in [-0.3, -0.25) is 0 Å². The molecule has 0 unspecified atom stereocenters. The van der Waals surface area contributed by atoms with E-state index >= 15 is 0 Å². The third-order valence-corrected chi connectivity index (χ3v) is 4.66. The summed E-state index contributed by atoms with van der Waals surface area (Å²) in [6, 6.07) is 7.01. The summed E-state index contributed by atoms with van der Waals surface area (Å²) in [7, 11) is -3.28. The average molecular weight is 286 g/mol. The topological polar surface area (TPSA) is 52.6 Å². The summed E-state index contributed by atoms with van der Waals surface area (Å²) in [5.74, 6) is 0.0303. The third kappa shape index (κ3) is 4.93. The Morgan fingerprint density at radius 2 is 1.68 bits per heavy atom. The molecule has 0 spiro atoms. The number of ether oxygens (including phenoxy) is 2. The van der Waals surface area contributed by atoms with Crippen LogP contribution in [0.2, 0.25) is 0 Å². The number of hydrogen-bond acceptors (Lipinski definition) is 4. The van der Waals surface area contributed by atoms with Crippen molar-refractivity contribution in [1.82, 2.24) is 0 Å². The summed E-state index contributed by atoms with van der Waals surface area (Å²) in [4.78, 5) is 0.391. The van der Waals surface area contributed by atoms with Crippen LogP contribution in [0.4, 0.5) is 0 Å². The second-order valence-corrected chi connectivity index (χ2v) is 6.29. The van der Waals surface area contributed by atoms with Crippen LogP contribution in [0.3, 0.4) is 0 Å². The fourth-order valence-electron chi connectivity index (χ4n) is 1.85. The average Bonchev–Trinajstić information content (AvgIpc) is 2.37. The Bertz CT molecular complexity index is 476. The third-order valence-electron chi connectivity index (χ3n) is 2.76. The molecule has 0 saturated heterocycles. The lowest BCUT2D eigenvalue weighted by molar-refractivity contribution is -0.136. The lowest BCUT2D eigenvalue weighted by Gasteiger charge is -2.17. The first-order valence-corrected chi connectivity index (χ1v) is 8.18. The lowest BCUT2D eigenvalue weighted by Crippen LogP contribution is -2.22. The Morgan fingerprint density at radius 3 is 2.21 bits per heavy atom. The zero-order chi connectivity index (χ0) is 14.3. The van der Waals surface area contributed by atoms with Crippen molar-refractivity contribution in [3.05, 3.63) is 29.8 Å². The van der Waals surface area contributed by atoms with Crippen LogP contribution in [0.5, 0.6) is 0 Å². The normalized spacial score (nSPS) is 12.0. The van der Waals surface area contributed by atoms with E-state index in [4.69, 9.17) is 9.47 Å². The first-order valence-electron chi connectivity index (χ1n) is 6.52. The van der Waals surface area contributed by atoms with E-state index in [9.17, 15) is 8.42 Å². The zero-order valence-corrected chi connectivity index (χ0v) is 12.6. The van der Waals surface area contributed by atoms with Crippen LogP contribution >= 0.6 is 0 Å². The number of sulfone groups is 1. The largest absolute Gasteiger partial charge is 0.353 e. The molecule has 0 heterocycles. The summed E-state index contributed by atoms with van der Waals surface area (Å²) in [6.07, 6.45) is -0.105. The molecule has 0 aliphatic heterocycles. The van der Waals surface area contributed by atoms with E-state index in [0.29, 0.717) is 24.5 Å². The van der Waals surface area contributed by atoms with Crippen molar-refractivity contribution in [2.24, 2.45) is 0 Å². The maximum atomic E-state index is 12.3. The van der Waals surface area contributed by atoms with E-state index in [0.717, 1.165) is 5.56 Å². The van der Waals surface area contributed by atoms with Crippen LogP contribution in [-0.4, -0.2) is 33.7 Å². The van der Waals surface area contributed by atoms with E-state index in [1.54, 1.807) is 25.1 Å². The van der Waals surface area contributed by atoms with Crippen LogP contribution in [0.1, 0.15) is 25.8 Å². The van der Waals surface area contributed by atoms with Crippen LogP contribution in [0.25, 0.3) is 0 Å². The molecule has 1 rings (SSSR count). The molecular formula is C14H22O4S. The van der Waals surface area contributed by atoms with Gasteiger partial charge in [-0.25, -0.2) is 8.42 Å². The van der Waals surface area contributed by atoms with Crippen molar-refractivity contribution in [3.63, 3.8) is 0 Å². The monoisotopic (exact) mass is 286 g/mol. The van der Waals surface area contributed by atoms with Crippen LogP contribution in [0.15, 0.2) is 29.2 Å². The quantitative estimate of drug-likeness (QED) is 0.689. The van der Waals surface area contributed by atoms with Crippen molar-refractivity contribution in [2.75, 3.05) is 19.0 Å². The van der Waals surface area contributed by atoms with Gasteiger partial charge in [0, 0.05) is 19.6 Å². The Kier molecular flexibility index (Phi) is 6.48. The van der Waals surface area contributed by atoms with Crippen molar-refractivity contribution in [2.45, 2.75) is 38.4 Å². The van der Waals surface area contributed by atoms with E-state index in [2.05, 4.69) is 0 Å². The summed E-state index contributed by atoms with van der Waals surface area (Å²) >= 11 is 0. The van der Waals surface area contributed by atoms with Crippen molar-refractivity contribution < 1.29 is 17.9 Å². The predicted octanol–water partition coefficient (Wildman–Crippen LogP) is 2.56. The van der Waals surface area contributed by atoms with Gasteiger partial charge in [0.2, 0.25) is 0 Å². The van der Waals surface area contributed by atoms with Gasteiger partial charge in [0.25, 0.3) is 0 Å². The van der Waals surface area contributed by atoms with E-state index in [1.807, 2.05) is 19.9 Å². The fraction of sp³-hybridized carbons (Fsp3) is 0.571. The molecule has 108 valence electrons. The van der Waals surface area contributed by atoms with Gasteiger partial charge >= 0.3 is 0 Å². The van der Waals surface area contributed by atoms with Gasteiger partial charge in [-0.05, 0) is 32.4 Å². The second-order valence-electron chi connectivity index (χ2n) is 4.21. The minimum Gasteiger partial charge on any atom is -0.353 e. The molecule has 0 N–H and O–H groups in total. The van der Waals surface area contributed by atoms with Gasteiger partial charge in [-0.2, -0.15) is 0 Å². The zero-order valence-electron chi connectivity index (χ0n) is 11.8. The van der Waals surface area contributed by atoms with Gasteiger partial charge < -0.3 is 9.47 Å². The molecule has 0 aliphatic carbocycles. The molecule has 0 atom stereocenters. The molecule has 1 aromatic carbocycles. The van der Waals surface area contributed by atoms with Gasteiger partial charge in [-0.1, -0.05) is 18.2 Å². The number of aryl methyl sites for hydroxylation is 1. The summed E-state index contributed by atoms with van der Waals surface area (Å²) in [6.45, 7) is 6.54. The highest BCUT2D eigenvalue weighted by atomic mass is 32.2. The summed E-state index contributed by atoms with van der Waals surface area (Å²) < 4.78 is 35.2. The molecule has 0 amide bonds. The Labute approximate surface area is 115 Å². The smallest absolute Gasteiger partial charge is 0.178 e. The Morgan fingerprint density at radius 1 is 1.11 bits per heavy atom. The highest BCUT2D eigenvalue weighted by Crippen LogP contribution is 2.17.